The summed E-state index contributed by atoms with van der Waals surface area (Å²) in [6.45, 7) is 9.86. The van der Waals surface area contributed by atoms with Gasteiger partial charge in [0.1, 0.15) is 5.75 Å². The lowest BCUT2D eigenvalue weighted by molar-refractivity contribution is 0.102. The molecule has 1 heterocycles. The first-order valence-electron chi connectivity index (χ1n) is 8.20. The van der Waals surface area contributed by atoms with Gasteiger partial charge in [-0.3, -0.25) is 4.79 Å². The van der Waals surface area contributed by atoms with Crippen molar-refractivity contribution < 1.29 is 14.6 Å². The number of ketones is 1. The molecule has 0 saturated heterocycles. The molecule has 0 fully saturated rings. The summed E-state index contributed by atoms with van der Waals surface area (Å²) in [4.78, 5) is 12.7. The molecule has 0 aliphatic carbocycles. The van der Waals surface area contributed by atoms with Gasteiger partial charge in [0.25, 0.3) is 0 Å². The van der Waals surface area contributed by atoms with E-state index in [1.165, 1.54) is 16.9 Å². The molecular weight excluding hydrogens is 320 g/mol. The Kier molecular flexibility index (Phi) is 11.9. The van der Waals surface area contributed by atoms with Crippen molar-refractivity contribution in [1.29, 1.82) is 0 Å². The highest BCUT2D eigenvalue weighted by molar-refractivity contribution is 7.13. The average molecular weight is 351 g/mol. The Morgan fingerprint density at radius 3 is 2.04 bits per heavy atom. The second-order valence-corrected chi connectivity index (χ2v) is 6.81. The van der Waals surface area contributed by atoms with E-state index in [2.05, 4.69) is 19.1 Å². The summed E-state index contributed by atoms with van der Waals surface area (Å²) < 4.78 is 5.55. The van der Waals surface area contributed by atoms with E-state index in [4.69, 9.17) is 9.84 Å². The minimum atomic E-state index is 0.160. The predicted molar refractivity (Wildman–Crippen MR) is 103 cm³/mol. The van der Waals surface area contributed by atoms with Crippen molar-refractivity contribution >= 4 is 17.1 Å². The molecule has 0 spiro atoms. The molecule has 1 aromatic carbocycles. The molecule has 0 radical (unpaired) electrons. The van der Waals surface area contributed by atoms with E-state index in [1.54, 1.807) is 18.3 Å². The quantitative estimate of drug-likeness (QED) is 0.745. The van der Waals surface area contributed by atoms with Crippen molar-refractivity contribution in [3.8, 4) is 5.75 Å². The maximum absolute atomic E-state index is 10.7. The van der Waals surface area contributed by atoms with Crippen LogP contribution in [0, 0.1) is 6.92 Å². The van der Waals surface area contributed by atoms with Crippen molar-refractivity contribution in [3.05, 3.63) is 51.7 Å². The summed E-state index contributed by atoms with van der Waals surface area (Å²) in [5.41, 5.74) is 1.39. The van der Waals surface area contributed by atoms with Crippen LogP contribution >= 0.6 is 11.3 Å². The third-order valence-corrected chi connectivity index (χ3v) is 4.02. The first kappa shape index (κ1) is 22.4. The van der Waals surface area contributed by atoms with E-state index in [1.807, 2.05) is 45.0 Å². The molecule has 0 saturated carbocycles. The molecular formula is C20H30O3S. The highest BCUT2D eigenvalue weighted by Gasteiger charge is 1.99. The van der Waals surface area contributed by atoms with Gasteiger partial charge in [0, 0.05) is 12.0 Å². The molecule has 1 N–H and O–H groups in total. The Bertz CT molecular complexity index is 571. The second kappa shape index (κ2) is 12.7. The number of aliphatic hydroxyl groups is 1. The smallest absolute Gasteiger partial charge is 0.169 e. The van der Waals surface area contributed by atoms with Crippen molar-refractivity contribution in [1.82, 2.24) is 0 Å². The molecule has 3 nitrogen and oxygen atoms in total. The van der Waals surface area contributed by atoms with Crippen LogP contribution in [0.1, 0.15) is 54.2 Å². The van der Waals surface area contributed by atoms with Gasteiger partial charge in [-0.1, -0.05) is 25.5 Å². The molecule has 1 aromatic heterocycles. The number of rotatable bonds is 5. The first-order chi connectivity index (χ1) is 11.4. The number of hydrogen-bond acceptors (Lipinski definition) is 4. The van der Waals surface area contributed by atoms with Crippen LogP contribution < -0.4 is 4.74 Å². The summed E-state index contributed by atoms with van der Waals surface area (Å²) in [7, 11) is 1.00. The monoisotopic (exact) mass is 350 g/mol. The van der Waals surface area contributed by atoms with E-state index >= 15 is 0 Å². The number of aliphatic hydroxyl groups excluding tert-OH is 1. The van der Waals surface area contributed by atoms with Gasteiger partial charge in [0.15, 0.2) is 5.78 Å². The fraction of sp³-hybridized carbons (Fsp3) is 0.450. The van der Waals surface area contributed by atoms with Crippen LogP contribution in [0.4, 0.5) is 0 Å². The minimum absolute atomic E-state index is 0.160. The summed E-state index contributed by atoms with van der Waals surface area (Å²) in [6.07, 6.45) is 2.61. The molecule has 4 heteroatoms. The van der Waals surface area contributed by atoms with Crippen molar-refractivity contribution in [2.75, 3.05) is 7.11 Å². The van der Waals surface area contributed by atoms with Crippen molar-refractivity contribution in [2.45, 2.75) is 53.6 Å². The lowest BCUT2D eigenvalue weighted by Gasteiger charge is -2.09. The van der Waals surface area contributed by atoms with Crippen molar-refractivity contribution in [2.24, 2.45) is 0 Å². The number of carbonyl (C=O) groups is 1. The van der Waals surface area contributed by atoms with Crippen molar-refractivity contribution in [3.63, 3.8) is 0 Å². The number of thiophene rings is 1. The maximum atomic E-state index is 10.7. The third kappa shape index (κ3) is 9.48. The highest BCUT2D eigenvalue weighted by atomic mass is 32.1. The van der Waals surface area contributed by atoms with Crippen LogP contribution in [0.5, 0.6) is 5.75 Å². The van der Waals surface area contributed by atoms with Gasteiger partial charge in [-0.05, 0) is 63.9 Å². The lowest BCUT2D eigenvalue weighted by Crippen LogP contribution is -2.05. The van der Waals surface area contributed by atoms with E-state index in [-0.39, 0.29) is 11.9 Å². The van der Waals surface area contributed by atoms with Gasteiger partial charge in [0.2, 0.25) is 0 Å². The van der Waals surface area contributed by atoms with Gasteiger partial charge in [-0.15, -0.1) is 11.3 Å². The predicted octanol–water partition coefficient (Wildman–Crippen LogP) is 5.29. The van der Waals surface area contributed by atoms with Gasteiger partial charge in [-0.2, -0.15) is 0 Å². The van der Waals surface area contributed by atoms with Crippen LogP contribution in [0.3, 0.4) is 0 Å². The Morgan fingerprint density at radius 1 is 1.12 bits per heavy atom. The zero-order chi connectivity index (χ0) is 18.5. The third-order valence-electron chi connectivity index (χ3n) is 2.92. The Balaban J connectivity index is 0.000000420. The number of hydrogen-bond donors (Lipinski definition) is 1. The molecule has 2 aromatic rings. The van der Waals surface area contributed by atoms with E-state index in [0.717, 1.165) is 24.2 Å². The lowest BCUT2D eigenvalue weighted by atomic mass is 10.1. The number of benzene rings is 1. The van der Waals surface area contributed by atoms with Crippen LogP contribution in [-0.2, 0) is 6.42 Å². The topological polar surface area (TPSA) is 46.5 Å². The number of carbonyl (C=O) groups excluding carboxylic acids is 1. The zero-order valence-electron chi connectivity index (χ0n) is 15.6. The molecule has 0 bridgehead atoms. The number of Topliss-reactive ketones (excluding diaryl/α,β-unsaturated/α-hetero) is 1. The summed E-state index contributed by atoms with van der Waals surface area (Å²) in [5.74, 6) is 1.13. The van der Waals surface area contributed by atoms with Gasteiger partial charge in [-0.25, -0.2) is 0 Å². The highest BCUT2D eigenvalue weighted by Crippen LogP contribution is 2.15. The number of aryl methyl sites for hydroxylation is 2. The standard InChI is InChI=1S/C12H18O.C7H8OS.CH4O/c1-4-5-11-6-8-12(9-7-11)13-10(2)3;1-5-3-4-7(9-5)6(2)8;1-2/h6-10H,4-5H2,1-3H3;3-4H,1-2H3;2H,1H3. The molecule has 134 valence electrons. The number of ether oxygens (including phenoxy) is 1. The van der Waals surface area contributed by atoms with Crippen LogP contribution in [0.2, 0.25) is 0 Å². The Morgan fingerprint density at radius 2 is 1.71 bits per heavy atom. The maximum Gasteiger partial charge on any atom is 0.169 e. The summed E-state index contributed by atoms with van der Waals surface area (Å²) in [5, 5.41) is 7.00. The zero-order valence-corrected chi connectivity index (χ0v) is 16.4. The van der Waals surface area contributed by atoms with E-state index < -0.39 is 0 Å². The average Bonchev–Trinajstić information content (AvgIpc) is 2.99. The largest absolute Gasteiger partial charge is 0.491 e. The van der Waals surface area contributed by atoms with E-state index in [0.29, 0.717) is 0 Å². The van der Waals surface area contributed by atoms with Crippen LogP contribution in [-0.4, -0.2) is 24.1 Å². The first-order valence-corrected chi connectivity index (χ1v) is 9.01. The second-order valence-electron chi connectivity index (χ2n) is 5.53. The molecule has 0 amide bonds. The minimum Gasteiger partial charge on any atom is -0.491 e. The fourth-order valence-corrected chi connectivity index (χ4v) is 2.68. The summed E-state index contributed by atoms with van der Waals surface area (Å²) in [6, 6.07) is 12.2. The Hall–Kier alpha value is -1.65. The van der Waals surface area contributed by atoms with Gasteiger partial charge in [0.05, 0.1) is 11.0 Å². The molecule has 0 aliphatic rings. The molecule has 0 unspecified atom stereocenters. The summed E-state index contributed by atoms with van der Waals surface area (Å²) >= 11 is 1.55. The molecule has 0 atom stereocenters. The van der Waals surface area contributed by atoms with Gasteiger partial charge < -0.3 is 9.84 Å². The van der Waals surface area contributed by atoms with Crippen LogP contribution in [0.15, 0.2) is 36.4 Å². The molecule has 2 rings (SSSR count). The fourth-order valence-electron chi connectivity index (χ4n) is 1.92. The molecule has 0 aliphatic heterocycles. The normalized spacial score (nSPS) is 9.50. The SMILES string of the molecule is CC(=O)c1ccc(C)s1.CCCc1ccc(OC(C)C)cc1.CO. The van der Waals surface area contributed by atoms with E-state index in [9.17, 15) is 4.79 Å². The Labute approximate surface area is 150 Å². The van der Waals surface area contributed by atoms with Crippen LogP contribution in [0.25, 0.3) is 0 Å². The molecule has 24 heavy (non-hydrogen) atoms. The van der Waals surface area contributed by atoms with Gasteiger partial charge >= 0.3 is 0 Å².